The predicted octanol–water partition coefficient (Wildman–Crippen LogP) is -0.104. The molecule has 0 aromatic carbocycles. The van der Waals surface area contributed by atoms with Crippen molar-refractivity contribution in [3.8, 4) is 0 Å². The molecule has 2 aliphatic heterocycles. The van der Waals surface area contributed by atoms with Gasteiger partial charge in [0.15, 0.2) is 5.78 Å². The van der Waals surface area contributed by atoms with Gasteiger partial charge in [0.1, 0.15) is 0 Å². The zero-order valence-corrected chi connectivity index (χ0v) is 10.2. The summed E-state index contributed by atoms with van der Waals surface area (Å²) in [5, 5.41) is 3.32. The van der Waals surface area contributed by atoms with E-state index in [4.69, 9.17) is 5.73 Å². The minimum atomic E-state index is -0.257. The van der Waals surface area contributed by atoms with Gasteiger partial charge < -0.3 is 11.1 Å². The van der Waals surface area contributed by atoms with Gasteiger partial charge in [-0.2, -0.15) is 0 Å². The second-order valence-electron chi connectivity index (χ2n) is 5.13. The summed E-state index contributed by atoms with van der Waals surface area (Å²) in [7, 11) is 0. The first kappa shape index (κ1) is 11.5. The molecule has 18 heavy (non-hydrogen) atoms. The molecule has 0 bridgehead atoms. The molecule has 5 nitrogen and oxygen atoms in total. The Bertz CT molecular complexity index is 467. The van der Waals surface area contributed by atoms with Crippen LogP contribution in [0.1, 0.15) is 19.3 Å². The van der Waals surface area contributed by atoms with E-state index in [-0.39, 0.29) is 23.8 Å². The lowest BCUT2D eigenvalue weighted by atomic mass is 9.88. The molecular formula is C13H17N3O2. The monoisotopic (exact) mass is 247 g/mol. The molecule has 0 saturated carbocycles. The van der Waals surface area contributed by atoms with Crippen molar-refractivity contribution in [1.82, 2.24) is 10.2 Å². The summed E-state index contributed by atoms with van der Waals surface area (Å²) >= 11 is 0. The Morgan fingerprint density at radius 1 is 1.50 bits per heavy atom. The molecule has 1 fully saturated rings. The van der Waals surface area contributed by atoms with Crippen molar-refractivity contribution < 1.29 is 9.59 Å². The quantitative estimate of drug-likeness (QED) is 0.678. The van der Waals surface area contributed by atoms with Gasteiger partial charge in [0.05, 0.1) is 12.1 Å². The number of nitrogens with zero attached hydrogens (tertiary/aromatic N) is 1. The van der Waals surface area contributed by atoms with Crippen molar-refractivity contribution in [2.75, 3.05) is 13.1 Å². The number of primary amides is 1. The lowest BCUT2D eigenvalue weighted by molar-refractivity contribution is -0.126. The molecule has 0 aromatic heterocycles. The van der Waals surface area contributed by atoms with E-state index in [1.54, 1.807) is 0 Å². The van der Waals surface area contributed by atoms with Crippen LogP contribution >= 0.6 is 0 Å². The van der Waals surface area contributed by atoms with Crippen molar-refractivity contribution in [2.45, 2.75) is 25.4 Å². The molecular weight excluding hydrogens is 230 g/mol. The Balaban J connectivity index is 1.90. The molecule has 2 unspecified atom stereocenters. The molecule has 2 heterocycles. The van der Waals surface area contributed by atoms with Crippen LogP contribution in [0.2, 0.25) is 0 Å². The number of carbonyl (C=O) groups is 2. The number of Topliss-reactive ketones (excluding diaryl/α,β-unsaturated/α-hetero) is 1. The molecule has 2 atom stereocenters. The number of allylic oxidation sites excluding steroid dienone is 2. The Labute approximate surface area is 106 Å². The third kappa shape index (κ3) is 1.75. The molecule has 1 amide bonds. The summed E-state index contributed by atoms with van der Waals surface area (Å²) in [5.41, 5.74) is 7.18. The number of nitrogens with two attached hydrogens (primary N) is 1. The summed E-state index contributed by atoms with van der Waals surface area (Å²) in [5.74, 6) is -0.245. The first-order chi connectivity index (χ1) is 8.66. The van der Waals surface area contributed by atoms with E-state index in [1.165, 1.54) is 0 Å². The lowest BCUT2D eigenvalue weighted by Gasteiger charge is -2.45. The van der Waals surface area contributed by atoms with Gasteiger partial charge in [-0.25, -0.2) is 0 Å². The highest BCUT2D eigenvalue weighted by atomic mass is 16.1. The molecule has 0 aromatic rings. The van der Waals surface area contributed by atoms with Crippen molar-refractivity contribution in [2.24, 2.45) is 11.7 Å². The summed E-state index contributed by atoms with van der Waals surface area (Å²) < 4.78 is 0. The fourth-order valence-electron chi connectivity index (χ4n) is 3.06. The van der Waals surface area contributed by atoms with Crippen LogP contribution < -0.4 is 11.1 Å². The minimum absolute atomic E-state index is 0.0504. The number of piperidine rings is 1. The number of ketones is 1. The highest BCUT2D eigenvalue weighted by Gasteiger charge is 2.39. The smallest absolute Gasteiger partial charge is 0.223 e. The van der Waals surface area contributed by atoms with Crippen LogP contribution in [0.3, 0.4) is 0 Å². The topological polar surface area (TPSA) is 75.4 Å². The van der Waals surface area contributed by atoms with Gasteiger partial charge in [-0.1, -0.05) is 6.08 Å². The average Bonchev–Trinajstić information content (AvgIpc) is 2.36. The third-order valence-electron chi connectivity index (χ3n) is 4.01. The zero-order chi connectivity index (χ0) is 12.7. The second-order valence-corrected chi connectivity index (χ2v) is 5.13. The molecule has 0 spiro atoms. The minimum Gasteiger partial charge on any atom is -0.369 e. The van der Waals surface area contributed by atoms with E-state index >= 15 is 0 Å². The van der Waals surface area contributed by atoms with E-state index in [2.05, 4.69) is 10.2 Å². The summed E-state index contributed by atoms with van der Waals surface area (Å²) in [6.07, 6.45) is 6.03. The van der Waals surface area contributed by atoms with Crippen LogP contribution in [0.25, 0.3) is 0 Å². The van der Waals surface area contributed by atoms with E-state index in [0.29, 0.717) is 13.0 Å². The van der Waals surface area contributed by atoms with Crippen LogP contribution in [0.4, 0.5) is 0 Å². The van der Waals surface area contributed by atoms with Gasteiger partial charge in [-0.3, -0.25) is 14.5 Å². The molecule has 96 valence electrons. The standard InChI is InChI=1S/C13H17N3O2/c14-12(18)8-3-2-6-16-7-9-10(15-13(8)16)4-1-5-11(9)17/h1,4,8,13,15H,2-3,5-7H2,(H2,14,18). The van der Waals surface area contributed by atoms with Crippen LogP contribution in [0.15, 0.2) is 23.4 Å². The van der Waals surface area contributed by atoms with E-state index in [1.807, 2.05) is 12.2 Å². The number of carbonyl (C=O) groups excluding carboxylic acids is 2. The van der Waals surface area contributed by atoms with Gasteiger partial charge in [0, 0.05) is 30.8 Å². The average molecular weight is 247 g/mol. The Kier molecular flexibility index (Phi) is 2.70. The Morgan fingerprint density at radius 2 is 2.33 bits per heavy atom. The maximum atomic E-state index is 11.9. The van der Waals surface area contributed by atoms with Gasteiger partial charge >= 0.3 is 0 Å². The predicted molar refractivity (Wildman–Crippen MR) is 66.2 cm³/mol. The number of rotatable bonds is 1. The van der Waals surface area contributed by atoms with E-state index in [0.717, 1.165) is 30.7 Å². The van der Waals surface area contributed by atoms with Crippen LogP contribution in [-0.4, -0.2) is 35.8 Å². The van der Waals surface area contributed by atoms with E-state index < -0.39 is 0 Å². The molecule has 0 radical (unpaired) electrons. The van der Waals surface area contributed by atoms with Gasteiger partial charge in [-0.15, -0.1) is 0 Å². The van der Waals surface area contributed by atoms with Crippen molar-refractivity contribution in [3.63, 3.8) is 0 Å². The van der Waals surface area contributed by atoms with Crippen LogP contribution in [0, 0.1) is 5.92 Å². The largest absolute Gasteiger partial charge is 0.369 e. The Morgan fingerprint density at radius 3 is 3.11 bits per heavy atom. The fraction of sp³-hybridized carbons (Fsp3) is 0.538. The number of fused-ring (bicyclic) bond motifs is 1. The first-order valence-corrected chi connectivity index (χ1v) is 6.39. The zero-order valence-electron chi connectivity index (χ0n) is 10.2. The van der Waals surface area contributed by atoms with Crippen LogP contribution in [-0.2, 0) is 9.59 Å². The molecule has 3 N–H and O–H groups in total. The van der Waals surface area contributed by atoms with Crippen molar-refractivity contribution >= 4 is 11.7 Å². The first-order valence-electron chi connectivity index (χ1n) is 6.39. The molecule has 3 aliphatic rings. The highest BCUT2D eigenvalue weighted by molar-refractivity contribution is 5.99. The molecule has 3 rings (SSSR count). The van der Waals surface area contributed by atoms with Gasteiger partial charge in [-0.05, 0) is 18.9 Å². The SMILES string of the molecule is NC(=O)C1CCCN2CC3=C(C=CCC3=O)NC12. The molecule has 5 heteroatoms. The fourth-order valence-corrected chi connectivity index (χ4v) is 3.06. The number of nitrogens with one attached hydrogen (secondary N) is 1. The second kappa shape index (κ2) is 4.24. The number of hydrogen-bond donors (Lipinski definition) is 2. The van der Waals surface area contributed by atoms with Gasteiger partial charge in [0.2, 0.25) is 5.91 Å². The maximum Gasteiger partial charge on any atom is 0.223 e. The highest BCUT2D eigenvalue weighted by Crippen LogP contribution is 2.29. The molecule has 1 aliphatic carbocycles. The maximum absolute atomic E-state index is 11.9. The van der Waals surface area contributed by atoms with Gasteiger partial charge in [0.25, 0.3) is 0 Å². The summed E-state index contributed by atoms with van der Waals surface area (Å²) in [6, 6.07) is 0. The summed E-state index contributed by atoms with van der Waals surface area (Å²) in [6.45, 7) is 1.55. The summed E-state index contributed by atoms with van der Waals surface area (Å²) in [4.78, 5) is 25.5. The number of amides is 1. The Hall–Kier alpha value is -1.62. The normalized spacial score (nSPS) is 31.7. The number of hydrogen-bond acceptors (Lipinski definition) is 4. The third-order valence-corrected chi connectivity index (χ3v) is 4.01. The van der Waals surface area contributed by atoms with Crippen molar-refractivity contribution in [1.29, 1.82) is 0 Å². The lowest BCUT2D eigenvalue weighted by Crippen LogP contribution is -2.60. The molecule has 1 saturated heterocycles. The van der Waals surface area contributed by atoms with Crippen LogP contribution in [0.5, 0.6) is 0 Å². The van der Waals surface area contributed by atoms with Crippen molar-refractivity contribution in [3.05, 3.63) is 23.4 Å². The van der Waals surface area contributed by atoms with E-state index in [9.17, 15) is 9.59 Å².